The normalized spacial score (nSPS) is 10.4. The molecule has 0 saturated carbocycles. The van der Waals surface area contributed by atoms with Gasteiger partial charge in [-0.1, -0.05) is 22.0 Å². The fourth-order valence-corrected chi connectivity index (χ4v) is 3.23. The van der Waals surface area contributed by atoms with Crippen LogP contribution in [0.4, 0.5) is 17.1 Å². The van der Waals surface area contributed by atoms with Crippen molar-refractivity contribution in [3.8, 4) is 0 Å². The van der Waals surface area contributed by atoms with E-state index in [1.165, 1.54) is 6.07 Å². The van der Waals surface area contributed by atoms with E-state index in [0.717, 1.165) is 14.5 Å². The molecule has 6 N–H and O–H groups in total. The predicted molar refractivity (Wildman–Crippen MR) is 91.4 cm³/mol. The van der Waals surface area contributed by atoms with E-state index in [4.69, 9.17) is 11.5 Å². The molecular weight excluding hydrogens is 402 g/mol. The van der Waals surface area contributed by atoms with Gasteiger partial charge in [-0.2, -0.15) is 0 Å². The molecule has 0 amide bonds. The molecule has 0 fully saturated rings. The zero-order chi connectivity index (χ0) is 15.6. The van der Waals surface area contributed by atoms with E-state index in [0.29, 0.717) is 23.6 Å². The third kappa shape index (κ3) is 3.48. The molecule has 0 aromatic heterocycles. The van der Waals surface area contributed by atoms with Crippen molar-refractivity contribution in [3.63, 3.8) is 0 Å². The van der Waals surface area contributed by atoms with Gasteiger partial charge in [0, 0.05) is 15.5 Å². The van der Waals surface area contributed by atoms with E-state index < -0.39 is 5.97 Å². The van der Waals surface area contributed by atoms with Crippen molar-refractivity contribution in [1.82, 2.24) is 0 Å². The number of aromatic carboxylic acids is 1. The molecule has 0 aliphatic heterocycles. The van der Waals surface area contributed by atoms with Gasteiger partial charge in [0.15, 0.2) is 0 Å². The van der Waals surface area contributed by atoms with E-state index in [1.807, 2.05) is 12.1 Å². The summed E-state index contributed by atoms with van der Waals surface area (Å²) in [6.45, 7) is 0.359. The first-order chi connectivity index (χ1) is 9.90. The maximum absolute atomic E-state index is 11.2. The van der Waals surface area contributed by atoms with Crippen LogP contribution in [0, 0.1) is 0 Å². The summed E-state index contributed by atoms with van der Waals surface area (Å²) in [5, 5.41) is 12.2. The molecule has 21 heavy (non-hydrogen) atoms. The molecule has 0 aliphatic carbocycles. The van der Waals surface area contributed by atoms with Crippen molar-refractivity contribution < 1.29 is 9.90 Å². The number of rotatable bonds is 4. The zero-order valence-electron chi connectivity index (χ0n) is 10.9. The molecule has 7 heteroatoms. The molecule has 2 aromatic carbocycles. The number of nitrogens with one attached hydrogen (secondary N) is 1. The van der Waals surface area contributed by atoms with Gasteiger partial charge in [-0.15, -0.1) is 0 Å². The van der Waals surface area contributed by atoms with Crippen molar-refractivity contribution >= 4 is 54.9 Å². The number of nitrogen functional groups attached to an aromatic ring is 2. The molecule has 2 rings (SSSR count). The van der Waals surface area contributed by atoms with Crippen molar-refractivity contribution in [2.24, 2.45) is 0 Å². The molecule has 0 atom stereocenters. The van der Waals surface area contributed by atoms with Gasteiger partial charge >= 0.3 is 5.97 Å². The Morgan fingerprint density at radius 1 is 1.24 bits per heavy atom. The highest BCUT2D eigenvalue weighted by molar-refractivity contribution is 9.11. The average Bonchev–Trinajstić information content (AvgIpc) is 2.41. The number of carboxylic acids is 1. The summed E-state index contributed by atoms with van der Waals surface area (Å²) in [4.78, 5) is 11.2. The monoisotopic (exact) mass is 413 g/mol. The lowest BCUT2D eigenvalue weighted by molar-refractivity contribution is 0.0698. The standard InChI is InChI=1S/C14H13Br2N3O2/c15-8-4-7(12(18)10(16)5-8)6-19-13-9(14(20)21)2-1-3-11(13)17/h1-5,19H,6,17-18H2,(H,20,21). The number of carbonyl (C=O) groups is 1. The molecule has 0 heterocycles. The highest BCUT2D eigenvalue weighted by Gasteiger charge is 2.13. The van der Waals surface area contributed by atoms with Gasteiger partial charge in [0.05, 0.1) is 22.6 Å². The molecular formula is C14H13Br2N3O2. The Morgan fingerprint density at radius 2 is 1.95 bits per heavy atom. The van der Waals surface area contributed by atoms with Crippen LogP contribution in [0.1, 0.15) is 15.9 Å². The van der Waals surface area contributed by atoms with Gasteiger partial charge in [-0.3, -0.25) is 0 Å². The lowest BCUT2D eigenvalue weighted by atomic mass is 10.1. The van der Waals surface area contributed by atoms with Gasteiger partial charge < -0.3 is 21.9 Å². The first kappa shape index (κ1) is 15.7. The zero-order valence-corrected chi connectivity index (χ0v) is 14.0. The van der Waals surface area contributed by atoms with E-state index in [2.05, 4.69) is 37.2 Å². The molecule has 0 radical (unpaired) electrons. The first-order valence-electron chi connectivity index (χ1n) is 5.99. The highest BCUT2D eigenvalue weighted by Crippen LogP contribution is 2.30. The molecule has 2 aromatic rings. The van der Waals surface area contributed by atoms with Crippen molar-refractivity contribution in [1.29, 1.82) is 0 Å². The largest absolute Gasteiger partial charge is 0.478 e. The SMILES string of the molecule is Nc1cccc(C(=O)O)c1NCc1cc(Br)cc(Br)c1N. The Hall–Kier alpha value is -1.73. The summed E-state index contributed by atoms with van der Waals surface area (Å²) in [6.07, 6.45) is 0. The Morgan fingerprint density at radius 3 is 2.62 bits per heavy atom. The van der Waals surface area contributed by atoms with Crippen LogP contribution in [0.25, 0.3) is 0 Å². The summed E-state index contributed by atoms with van der Waals surface area (Å²) in [5.74, 6) is -1.03. The molecule has 110 valence electrons. The smallest absolute Gasteiger partial charge is 0.337 e. The lowest BCUT2D eigenvalue weighted by Gasteiger charge is -2.14. The number of hydrogen-bond donors (Lipinski definition) is 4. The number of halogens is 2. The maximum atomic E-state index is 11.2. The van der Waals surface area contributed by atoms with Gasteiger partial charge in [-0.25, -0.2) is 4.79 Å². The van der Waals surface area contributed by atoms with Crippen LogP contribution in [0.2, 0.25) is 0 Å². The number of carboxylic acid groups (broad SMARTS) is 1. The summed E-state index contributed by atoms with van der Waals surface area (Å²) in [5.41, 5.74) is 14.2. The fourth-order valence-electron chi connectivity index (χ4n) is 1.91. The number of hydrogen-bond acceptors (Lipinski definition) is 4. The van der Waals surface area contributed by atoms with Gasteiger partial charge in [0.1, 0.15) is 0 Å². The second-order valence-corrected chi connectivity index (χ2v) is 6.16. The number of anilines is 3. The fraction of sp³-hybridized carbons (Fsp3) is 0.0714. The van der Waals surface area contributed by atoms with Crippen molar-refractivity contribution in [2.75, 3.05) is 16.8 Å². The minimum atomic E-state index is -1.03. The van der Waals surface area contributed by atoms with Crippen LogP contribution < -0.4 is 16.8 Å². The number of nitrogens with two attached hydrogens (primary N) is 2. The Balaban J connectivity index is 2.31. The van der Waals surface area contributed by atoms with E-state index in [-0.39, 0.29) is 5.56 Å². The molecule has 0 unspecified atom stereocenters. The third-order valence-corrected chi connectivity index (χ3v) is 4.08. The summed E-state index contributed by atoms with van der Waals surface area (Å²) in [7, 11) is 0. The van der Waals surface area contributed by atoms with E-state index >= 15 is 0 Å². The third-order valence-electron chi connectivity index (χ3n) is 2.96. The van der Waals surface area contributed by atoms with Crippen LogP contribution in [-0.4, -0.2) is 11.1 Å². The van der Waals surface area contributed by atoms with Crippen molar-refractivity contribution in [2.45, 2.75) is 6.54 Å². The minimum absolute atomic E-state index is 0.127. The quantitative estimate of drug-likeness (QED) is 0.571. The lowest BCUT2D eigenvalue weighted by Crippen LogP contribution is -2.10. The van der Waals surface area contributed by atoms with Crippen LogP contribution in [0.3, 0.4) is 0 Å². The molecule has 0 bridgehead atoms. The van der Waals surface area contributed by atoms with Crippen LogP contribution >= 0.6 is 31.9 Å². The van der Waals surface area contributed by atoms with Crippen LogP contribution in [0.5, 0.6) is 0 Å². The molecule has 0 aliphatic rings. The van der Waals surface area contributed by atoms with Gasteiger partial charge in [0.25, 0.3) is 0 Å². The number of para-hydroxylation sites is 1. The predicted octanol–water partition coefficient (Wildman–Crippen LogP) is 3.69. The summed E-state index contributed by atoms with van der Waals surface area (Å²) < 4.78 is 1.65. The Kier molecular flexibility index (Phi) is 4.74. The molecule has 5 nitrogen and oxygen atoms in total. The van der Waals surface area contributed by atoms with E-state index in [1.54, 1.807) is 12.1 Å². The second kappa shape index (κ2) is 6.36. The summed E-state index contributed by atoms with van der Waals surface area (Å²) in [6, 6.07) is 8.47. The number of benzene rings is 2. The Labute approximate surface area is 138 Å². The maximum Gasteiger partial charge on any atom is 0.337 e. The van der Waals surface area contributed by atoms with Crippen LogP contribution in [-0.2, 0) is 6.54 Å². The Bertz CT molecular complexity index is 705. The first-order valence-corrected chi connectivity index (χ1v) is 7.57. The van der Waals surface area contributed by atoms with Crippen molar-refractivity contribution in [3.05, 3.63) is 50.4 Å². The van der Waals surface area contributed by atoms with E-state index in [9.17, 15) is 9.90 Å². The van der Waals surface area contributed by atoms with Gasteiger partial charge in [0.2, 0.25) is 0 Å². The second-order valence-electron chi connectivity index (χ2n) is 4.39. The van der Waals surface area contributed by atoms with Crippen LogP contribution in [0.15, 0.2) is 39.3 Å². The highest BCUT2D eigenvalue weighted by atomic mass is 79.9. The molecule has 0 saturated heterocycles. The van der Waals surface area contributed by atoms with Gasteiger partial charge in [-0.05, 0) is 45.8 Å². The summed E-state index contributed by atoms with van der Waals surface area (Å²) >= 11 is 6.77. The topological polar surface area (TPSA) is 101 Å². The molecule has 0 spiro atoms. The minimum Gasteiger partial charge on any atom is -0.478 e. The average molecular weight is 415 g/mol.